The van der Waals surface area contributed by atoms with Gasteiger partial charge in [0.15, 0.2) is 0 Å². The molecular weight excluding hydrogens is 215 g/mol. The molecule has 0 atom stereocenters. The number of hydrogen-bond donors (Lipinski definition) is 0. The molecule has 0 bridgehead atoms. The van der Waals surface area contributed by atoms with E-state index in [9.17, 15) is 4.57 Å². The molecule has 84 valence electrons. The number of terminal acetylenes is 2. The van der Waals surface area contributed by atoms with Gasteiger partial charge in [0.2, 0.25) is 0 Å². The Kier molecular flexibility index (Phi) is 7.13. The molecule has 5 heteroatoms. The van der Waals surface area contributed by atoms with Gasteiger partial charge in [-0.05, 0) is 5.92 Å². The molecule has 15 heavy (non-hydrogen) atoms. The molecule has 0 heterocycles. The van der Waals surface area contributed by atoms with E-state index >= 15 is 0 Å². The fraction of sp³-hybridized carbons (Fsp3) is 0.600. The Labute approximate surface area is 90.9 Å². The zero-order chi connectivity index (χ0) is 11.7. The monoisotopic (exact) mass is 230 g/mol. The zero-order valence-corrected chi connectivity index (χ0v) is 9.83. The highest BCUT2D eigenvalue weighted by atomic mass is 31.2. The molecule has 4 nitrogen and oxygen atoms in total. The third kappa shape index (κ3) is 7.19. The van der Waals surface area contributed by atoms with Gasteiger partial charge < -0.3 is 0 Å². The van der Waals surface area contributed by atoms with Crippen molar-refractivity contribution in [1.82, 2.24) is 0 Å². The maximum atomic E-state index is 11.8. The van der Waals surface area contributed by atoms with Crippen LogP contribution in [0.3, 0.4) is 0 Å². The Morgan fingerprint density at radius 1 is 1.13 bits per heavy atom. The van der Waals surface area contributed by atoms with Gasteiger partial charge in [0.1, 0.15) is 13.2 Å². The number of phosphoric acid groups is 1. The predicted molar refractivity (Wildman–Crippen MR) is 58.0 cm³/mol. The van der Waals surface area contributed by atoms with E-state index < -0.39 is 7.82 Å². The van der Waals surface area contributed by atoms with Crippen LogP contribution in [0.5, 0.6) is 0 Å². The number of phosphoric ester groups is 1. The lowest BCUT2D eigenvalue weighted by Gasteiger charge is -2.16. The van der Waals surface area contributed by atoms with Crippen molar-refractivity contribution in [2.75, 3.05) is 19.8 Å². The molecule has 0 aliphatic rings. The molecule has 0 saturated heterocycles. The molecule has 0 amide bonds. The maximum Gasteiger partial charge on any atom is 0.476 e. The summed E-state index contributed by atoms with van der Waals surface area (Å²) in [6.07, 6.45) is 9.95. The smallest absolute Gasteiger partial charge is 0.287 e. The highest BCUT2D eigenvalue weighted by Gasteiger charge is 2.26. The average molecular weight is 230 g/mol. The normalized spacial score (nSPS) is 11.0. The molecule has 0 aliphatic carbocycles. The zero-order valence-electron chi connectivity index (χ0n) is 8.93. The fourth-order valence-electron chi connectivity index (χ4n) is 0.585. The van der Waals surface area contributed by atoms with Crippen molar-refractivity contribution in [3.8, 4) is 24.7 Å². The van der Waals surface area contributed by atoms with Gasteiger partial charge in [-0.3, -0.25) is 13.6 Å². The van der Waals surface area contributed by atoms with Gasteiger partial charge in [-0.1, -0.05) is 25.7 Å². The first-order valence-corrected chi connectivity index (χ1v) is 5.90. The summed E-state index contributed by atoms with van der Waals surface area (Å²) in [6, 6.07) is 0. The third-order valence-electron chi connectivity index (χ3n) is 1.18. The lowest BCUT2D eigenvalue weighted by atomic mass is 10.2. The van der Waals surface area contributed by atoms with Crippen LogP contribution >= 0.6 is 7.82 Å². The second-order valence-electron chi connectivity index (χ2n) is 3.09. The van der Waals surface area contributed by atoms with Crippen molar-refractivity contribution < 1.29 is 18.1 Å². The second-order valence-corrected chi connectivity index (χ2v) is 4.76. The SMILES string of the molecule is C#CCOP(=O)(OCC#C)OCC(C)C. The van der Waals surface area contributed by atoms with Crippen molar-refractivity contribution in [2.45, 2.75) is 13.8 Å². The van der Waals surface area contributed by atoms with Gasteiger partial charge in [0, 0.05) is 0 Å². The van der Waals surface area contributed by atoms with Gasteiger partial charge in [-0.2, -0.15) is 0 Å². The van der Waals surface area contributed by atoms with E-state index in [2.05, 4.69) is 11.8 Å². The van der Waals surface area contributed by atoms with E-state index in [4.69, 9.17) is 26.4 Å². The van der Waals surface area contributed by atoms with Crippen molar-refractivity contribution in [2.24, 2.45) is 5.92 Å². The molecule has 0 unspecified atom stereocenters. The van der Waals surface area contributed by atoms with Crippen molar-refractivity contribution >= 4 is 7.82 Å². The summed E-state index contributed by atoms with van der Waals surface area (Å²) in [6.45, 7) is 3.80. The minimum atomic E-state index is -3.59. The molecule has 0 saturated carbocycles. The van der Waals surface area contributed by atoms with Crippen molar-refractivity contribution in [3.05, 3.63) is 0 Å². The summed E-state index contributed by atoms with van der Waals surface area (Å²) in [5, 5.41) is 0. The van der Waals surface area contributed by atoms with Gasteiger partial charge >= 0.3 is 7.82 Å². The lowest BCUT2D eigenvalue weighted by Crippen LogP contribution is -2.05. The minimum absolute atomic E-state index is 0.139. The Balaban J connectivity index is 4.23. The van der Waals surface area contributed by atoms with E-state index in [1.807, 2.05) is 13.8 Å². The van der Waals surface area contributed by atoms with E-state index in [1.54, 1.807) is 0 Å². The largest absolute Gasteiger partial charge is 0.476 e. The first-order chi connectivity index (χ1) is 7.04. The highest BCUT2D eigenvalue weighted by molar-refractivity contribution is 7.48. The Hall–Kier alpha value is -0.770. The van der Waals surface area contributed by atoms with Crippen LogP contribution in [0.25, 0.3) is 0 Å². The maximum absolute atomic E-state index is 11.8. The molecule has 0 spiro atoms. The van der Waals surface area contributed by atoms with E-state index in [1.165, 1.54) is 0 Å². The van der Waals surface area contributed by atoms with Crippen LogP contribution in [0, 0.1) is 30.6 Å². The summed E-state index contributed by atoms with van der Waals surface area (Å²) in [5.74, 6) is 4.57. The summed E-state index contributed by atoms with van der Waals surface area (Å²) in [5.41, 5.74) is 0. The van der Waals surface area contributed by atoms with E-state index in [-0.39, 0.29) is 25.7 Å². The van der Waals surface area contributed by atoms with E-state index in [0.717, 1.165) is 0 Å². The Bertz CT molecular complexity index is 276. The summed E-state index contributed by atoms with van der Waals surface area (Å²) in [4.78, 5) is 0. The number of hydrogen-bond acceptors (Lipinski definition) is 4. The van der Waals surface area contributed by atoms with Crippen LogP contribution in [0.2, 0.25) is 0 Å². The Morgan fingerprint density at radius 2 is 1.60 bits per heavy atom. The van der Waals surface area contributed by atoms with Gasteiger partial charge in [0.25, 0.3) is 0 Å². The topological polar surface area (TPSA) is 44.8 Å². The second kappa shape index (κ2) is 7.51. The molecule has 0 rings (SSSR count). The fourth-order valence-corrected chi connectivity index (χ4v) is 1.75. The highest BCUT2D eigenvalue weighted by Crippen LogP contribution is 2.49. The minimum Gasteiger partial charge on any atom is -0.287 e. The lowest BCUT2D eigenvalue weighted by molar-refractivity contribution is 0.123. The van der Waals surface area contributed by atoms with Crippen LogP contribution in [-0.2, 0) is 18.1 Å². The van der Waals surface area contributed by atoms with Crippen LogP contribution in [0.4, 0.5) is 0 Å². The van der Waals surface area contributed by atoms with Crippen LogP contribution in [-0.4, -0.2) is 19.8 Å². The third-order valence-corrected chi connectivity index (χ3v) is 2.53. The first-order valence-electron chi connectivity index (χ1n) is 4.44. The molecular formula is C10H15O4P. The van der Waals surface area contributed by atoms with Gasteiger partial charge in [0.05, 0.1) is 6.61 Å². The molecule has 0 aromatic heterocycles. The van der Waals surface area contributed by atoms with E-state index in [0.29, 0.717) is 0 Å². The molecule has 0 aliphatic heterocycles. The van der Waals surface area contributed by atoms with Crippen LogP contribution in [0.1, 0.15) is 13.8 Å². The molecule has 0 N–H and O–H groups in total. The predicted octanol–water partition coefficient (Wildman–Crippen LogP) is 2.07. The molecule has 0 aromatic rings. The standard InChI is InChI=1S/C10H15O4P/c1-5-7-12-15(11,13-8-6-2)14-9-10(3)4/h1-2,10H,7-9H2,3-4H3. The summed E-state index contributed by atoms with van der Waals surface area (Å²) in [7, 11) is -3.59. The molecule has 0 aromatic carbocycles. The molecule has 0 fully saturated rings. The van der Waals surface area contributed by atoms with Crippen molar-refractivity contribution in [1.29, 1.82) is 0 Å². The van der Waals surface area contributed by atoms with Gasteiger partial charge in [-0.15, -0.1) is 12.8 Å². The van der Waals surface area contributed by atoms with Crippen molar-refractivity contribution in [3.63, 3.8) is 0 Å². The molecule has 0 radical (unpaired) electrons. The Morgan fingerprint density at radius 3 is 1.93 bits per heavy atom. The van der Waals surface area contributed by atoms with Crippen LogP contribution in [0.15, 0.2) is 0 Å². The summed E-state index contributed by atoms with van der Waals surface area (Å²) < 4.78 is 26.4. The number of rotatable bonds is 7. The average Bonchev–Trinajstić information content (AvgIpc) is 2.21. The summed E-state index contributed by atoms with van der Waals surface area (Å²) >= 11 is 0. The first kappa shape index (κ1) is 14.2. The van der Waals surface area contributed by atoms with Crippen LogP contribution < -0.4 is 0 Å². The van der Waals surface area contributed by atoms with Gasteiger partial charge in [-0.25, -0.2) is 4.57 Å². The quantitative estimate of drug-likeness (QED) is 0.496.